The van der Waals surface area contributed by atoms with Crippen molar-refractivity contribution >= 4 is 27.3 Å². The number of nitrogens with two attached hydrogens (primary N) is 1. The topological polar surface area (TPSA) is 71.6 Å². The molecule has 0 spiro atoms. The normalized spacial score (nSPS) is 10.4. The van der Waals surface area contributed by atoms with Crippen LogP contribution >= 0.6 is 15.9 Å². The second kappa shape index (κ2) is 6.67. The minimum atomic E-state index is 0.0674. The van der Waals surface area contributed by atoms with Gasteiger partial charge in [-0.3, -0.25) is 4.98 Å². The van der Waals surface area contributed by atoms with Gasteiger partial charge in [-0.05, 0) is 15.9 Å². The number of halogens is 1. The zero-order valence-corrected chi connectivity index (χ0v) is 10.8. The van der Waals surface area contributed by atoms with Gasteiger partial charge in [-0.25, -0.2) is 0 Å². The predicted molar refractivity (Wildman–Crippen MR) is 67.5 cm³/mol. The van der Waals surface area contributed by atoms with Crippen molar-refractivity contribution < 1.29 is 9.84 Å². The van der Waals surface area contributed by atoms with E-state index in [4.69, 9.17) is 15.6 Å². The average Bonchev–Trinajstić information content (AvgIpc) is 2.25. The first-order chi connectivity index (χ1) is 7.70. The first-order valence-corrected chi connectivity index (χ1v) is 5.73. The van der Waals surface area contributed by atoms with Crippen LogP contribution < -0.4 is 10.6 Å². The van der Waals surface area contributed by atoms with Gasteiger partial charge in [-0.2, -0.15) is 0 Å². The molecular formula is C10H16BrN3O2. The molecule has 1 heterocycles. The number of rotatable bonds is 6. The number of nitrogen functional groups attached to an aromatic ring is 1. The lowest BCUT2D eigenvalue weighted by Crippen LogP contribution is -2.31. The van der Waals surface area contributed by atoms with E-state index in [-0.39, 0.29) is 6.61 Å². The van der Waals surface area contributed by atoms with Gasteiger partial charge in [0.15, 0.2) is 0 Å². The molecule has 3 N–H and O–H groups in total. The Morgan fingerprint density at radius 1 is 1.50 bits per heavy atom. The van der Waals surface area contributed by atoms with Crippen LogP contribution in [-0.2, 0) is 4.74 Å². The summed E-state index contributed by atoms with van der Waals surface area (Å²) in [6, 6.07) is 0. The molecule has 0 saturated heterocycles. The number of ether oxygens (including phenoxy) is 1. The van der Waals surface area contributed by atoms with Gasteiger partial charge in [0.1, 0.15) is 0 Å². The number of pyridine rings is 1. The summed E-state index contributed by atoms with van der Waals surface area (Å²) in [5.41, 5.74) is 7.30. The molecule has 1 aromatic heterocycles. The number of methoxy groups -OCH3 is 1. The number of hydrogen-bond donors (Lipinski definition) is 2. The van der Waals surface area contributed by atoms with Crippen LogP contribution in [0, 0.1) is 0 Å². The number of aliphatic hydroxyl groups excluding tert-OH is 1. The summed E-state index contributed by atoms with van der Waals surface area (Å²) in [6.45, 7) is 1.83. The molecule has 1 rings (SSSR count). The van der Waals surface area contributed by atoms with Crippen LogP contribution in [0.15, 0.2) is 16.9 Å². The number of anilines is 2. The van der Waals surface area contributed by atoms with Gasteiger partial charge < -0.3 is 20.5 Å². The number of hydrogen-bond acceptors (Lipinski definition) is 5. The van der Waals surface area contributed by atoms with Crippen LogP contribution in [0.1, 0.15) is 0 Å². The highest BCUT2D eigenvalue weighted by atomic mass is 79.9. The minimum Gasteiger partial charge on any atom is -0.396 e. The van der Waals surface area contributed by atoms with Crippen molar-refractivity contribution in [2.75, 3.05) is 44.0 Å². The summed E-state index contributed by atoms with van der Waals surface area (Å²) in [4.78, 5) is 5.94. The Morgan fingerprint density at radius 3 is 2.81 bits per heavy atom. The fraction of sp³-hybridized carbons (Fsp3) is 0.500. The van der Waals surface area contributed by atoms with E-state index in [0.717, 1.165) is 10.2 Å². The van der Waals surface area contributed by atoms with Crippen molar-refractivity contribution in [1.82, 2.24) is 4.98 Å². The highest BCUT2D eigenvalue weighted by Crippen LogP contribution is 2.30. The minimum absolute atomic E-state index is 0.0674. The fourth-order valence-corrected chi connectivity index (χ4v) is 2.03. The van der Waals surface area contributed by atoms with Crippen LogP contribution in [0.5, 0.6) is 0 Å². The van der Waals surface area contributed by atoms with Crippen molar-refractivity contribution in [3.05, 3.63) is 16.9 Å². The lowest BCUT2D eigenvalue weighted by Gasteiger charge is -2.25. The molecule has 5 nitrogen and oxygen atoms in total. The van der Waals surface area contributed by atoms with Crippen molar-refractivity contribution in [3.63, 3.8) is 0 Å². The number of nitrogens with zero attached hydrogens (tertiary/aromatic N) is 2. The molecule has 0 aliphatic rings. The van der Waals surface area contributed by atoms with E-state index in [0.29, 0.717) is 25.4 Å². The third-order valence-corrected chi connectivity index (χ3v) is 2.73. The molecule has 0 radical (unpaired) electrons. The molecule has 16 heavy (non-hydrogen) atoms. The molecule has 90 valence electrons. The Labute approximate surface area is 103 Å². The van der Waals surface area contributed by atoms with Crippen LogP contribution in [0.4, 0.5) is 11.4 Å². The Kier molecular flexibility index (Phi) is 5.51. The molecule has 0 unspecified atom stereocenters. The molecule has 0 saturated carbocycles. The van der Waals surface area contributed by atoms with E-state index in [2.05, 4.69) is 20.9 Å². The fourth-order valence-electron chi connectivity index (χ4n) is 1.43. The maximum atomic E-state index is 9.02. The van der Waals surface area contributed by atoms with Gasteiger partial charge in [0, 0.05) is 26.4 Å². The summed E-state index contributed by atoms with van der Waals surface area (Å²) in [5.74, 6) is 0. The highest BCUT2D eigenvalue weighted by molar-refractivity contribution is 9.10. The molecule has 0 aromatic carbocycles. The van der Waals surface area contributed by atoms with E-state index in [1.54, 1.807) is 19.5 Å². The Hall–Kier alpha value is -0.850. The second-order valence-electron chi connectivity index (χ2n) is 3.26. The quantitative estimate of drug-likeness (QED) is 0.813. The molecule has 0 aliphatic carbocycles. The van der Waals surface area contributed by atoms with E-state index in [1.165, 1.54) is 0 Å². The van der Waals surface area contributed by atoms with Gasteiger partial charge in [0.2, 0.25) is 0 Å². The molecule has 0 fully saturated rings. The predicted octanol–water partition coefficient (Wildman–Crippen LogP) is 0.871. The maximum absolute atomic E-state index is 9.02. The largest absolute Gasteiger partial charge is 0.396 e. The van der Waals surface area contributed by atoms with Crippen molar-refractivity contribution in [3.8, 4) is 0 Å². The van der Waals surface area contributed by atoms with E-state index >= 15 is 0 Å². The van der Waals surface area contributed by atoms with Crippen molar-refractivity contribution in [2.45, 2.75) is 0 Å². The monoisotopic (exact) mass is 289 g/mol. The Balaban J connectivity index is 2.90. The summed E-state index contributed by atoms with van der Waals surface area (Å²) >= 11 is 3.40. The van der Waals surface area contributed by atoms with Gasteiger partial charge in [-0.1, -0.05) is 0 Å². The van der Waals surface area contributed by atoms with E-state index < -0.39 is 0 Å². The number of aromatic nitrogens is 1. The zero-order valence-electron chi connectivity index (χ0n) is 9.19. The molecule has 0 atom stereocenters. The molecule has 6 heteroatoms. The first kappa shape index (κ1) is 13.2. The van der Waals surface area contributed by atoms with Crippen LogP contribution in [0.3, 0.4) is 0 Å². The van der Waals surface area contributed by atoms with Gasteiger partial charge in [0.05, 0.1) is 35.3 Å². The summed E-state index contributed by atoms with van der Waals surface area (Å²) in [6.07, 6.45) is 3.28. The smallest absolute Gasteiger partial charge is 0.0777 e. The van der Waals surface area contributed by atoms with Crippen molar-refractivity contribution in [1.29, 1.82) is 0 Å². The molecular weight excluding hydrogens is 274 g/mol. The third-order valence-electron chi connectivity index (χ3n) is 2.15. The number of aliphatic hydroxyl groups is 1. The standard InChI is InChI=1S/C10H16BrN3O2/c1-16-5-3-14(2-4-15)10-8(11)6-13-7-9(10)12/h6-7,15H,2-5,12H2,1H3. The first-order valence-electron chi connectivity index (χ1n) is 4.94. The second-order valence-corrected chi connectivity index (χ2v) is 4.12. The molecule has 0 amide bonds. The lowest BCUT2D eigenvalue weighted by atomic mass is 10.3. The van der Waals surface area contributed by atoms with Gasteiger partial charge in [0.25, 0.3) is 0 Å². The SMILES string of the molecule is COCCN(CCO)c1c(N)cncc1Br. The Morgan fingerprint density at radius 2 is 2.25 bits per heavy atom. The van der Waals surface area contributed by atoms with Gasteiger partial charge >= 0.3 is 0 Å². The van der Waals surface area contributed by atoms with E-state index in [1.807, 2.05) is 4.90 Å². The molecule has 1 aromatic rings. The van der Waals surface area contributed by atoms with Crippen LogP contribution in [-0.4, -0.2) is 43.5 Å². The summed E-state index contributed by atoms with van der Waals surface area (Å²) < 4.78 is 5.84. The maximum Gasteiger partial charge on any atom is 0.0777 e. The molecule has 0 bridgehead atoms. The molecule has 0 aliphatic heterocycles. The van der Waals surface area contributed by atoms with Gasteiger partial charge in [-0.15, -0.1) is 0 Å². The summed E-state index contributed by atoms with van der Waals surface area (Å²) in [7, 11) is 1.64. The average molecular weight is 290 g/mol. The van der Waals surface area contributed by atoms with Crippen LogP contribution in [0.2, 0.25) is 0 Å². The third kappa shape index (κ3) is 3.33. The van der Waals surface area contributed by atoms with Crippen molar-refractivity contribution in [2.24, 2.45) is 0 Å². The highest BCUT2D eigenvalue weighted by Gasteiger charge is 2.13. The lowest BCUT2D eigenvalue weighted by molar-refractivity contribution is 0.203. The van der Waals surface area contributed by atoms with Crippen LogP contribution in [0.25, 0.3) is 0 Å². The Bertz CT molecular complexity index is 316. The summed E-state index contributed by atoms with van der Waals surface area (Å²) in [5, 5.41) is 9.02. The zero-order chi connectivity index (χ0) is 12.0. The van der Waals surface area contributed by atoms with E-state index in [9.17, 15) is 0 Å².